The van der Waals surface area contributed by atoms with Gasteiger partial charge in [0.25, 0.3) is 0 Å². The molecule has 1 rings (SSSR count). The first-order valence-electron chi connectivity index (χ1n) is 8.25. The lowest BCUT2D eigenvalue weighted by Crippen LogP contribution is -2.39. The minimum atomic E-state index is 0. The number of hydrogen-bond donors (Lipinski definition) is 2. The molecule has 132 valence electrons. The van der Waals surface area contributed by atoms with Gasteiger partial charge in [-0.2, -0.15) is 0 Å². The quantitative estimate of drug-likeness (QED) is 0.271. The van der Waals surface area contributed by atoms with Crippen molar-refractivity contribution in [3.63, 3.8) is 0 Å². The lowest BCUT2D eigenvalue weighted by molar-refractivity contribution is 0.145. The Morgan fingerprint density at radius 1 is 1.13 bits per heavy atom. The summed E-state index contributed by atoms with van der Waals surface area (Å²) in [7, 11) is 0. The van der Waals surface area contributed by atoms with E-state index >= 15 is 0 Å². The van der Waals surface area contributed by atoms with Crippen molar-refractivity contribution in [2.45, 2.75) is 39.5 Å². The number of rotatable bonds is 9. The van der Waals surface area contributed by atoms with Crippen LogP contribution in [0.2, 0.25) is 0 Å². The van der Waals surface area contributed by atoms with E-state index in [4.69, 9.17) is 9.73 Å². The summed E-state index contributed by atoms with van der Waals surface area (Å²) in [5.74, 6) is 0.878. The predicted octanol–water partition coefficient (Wildman–Crippen LogP) is 3.56. The Hall–Kier alpha value is -0.820. The van der Waals surface area contributed by atoms with Gasteiger partial charge in [-0.15, -0.1) is 24.0 Å². The smallest absolute Gasteiger partial charge is 0.191 e. The molecule has 0 aromatic heterocycles. The average molecular weight is 433 g/mol. The lowest BCUT2D eigenvalue weighted by atomic mass is 9.85. The van der Waals surface area contributed by atoms with Crippen molar-refractivity contribution >= 4 is 29.9 Å². The highest BCUT2D eigenvalue weighted by atomic mass is 127. The summed E-state index contributed by atoms with van der Waals surface area (Å²) in [5, 5.41) is 6.66. The van der Waals surface area contributed by atoms with Gasteiger partial charge in [-0.3, -0.25) is 4.99 Å². The molecule has 0 unspecified atom stereocenters. The summed E-state index contributed by atoms with van der Waals surface area (Å²) >= 11 is 0. The maximum absolute atomic E-state index is 5.35. The zero-order valence-electron chi connectivity index (χ0n) is 14.9. The standard InChI is InChI=1S/C18H31N3O.HI/c1-5-19-17(20-13-10-14-22-6-2)21-15-18(3,4)16-11-8-7-9-12-16;/h7-9,11-12H,5-6,10,13-15H2,1-4H3,(H2,19,20,21);1H. The molecule has 0 bridgehead atoms. The van der Waals surface area contributed by atoms with Crippen molar-refractivity contribution in [3.8, 4) is 0 Å². The zero-order valence-corrected chi connectivity index (χ0v) is 17.2. The molecule has 0 amide bonds. The monoisotopic (exact) mass is 433 g/mol. The molecule has 4 nitrogen and oxygen atoms in total. The van der Waals surface area contributed by atoms with Crippen LogP contribution in [0.15, 0.2) is 35.3 Å². The normalized spacial score (nSPS) is 11.7. The van der Waals surface area contributed by atoms with Crippen molar-refractivity contribution in [2.75, 3.05) is 32.8 Å². The number of ether oxygens (including phenoxy) is 1. The molecule has 0 aliphatic heterocycles. The van der Waals surface area contributed by atoms with Crippen molar-refractivity contribution < 1.29 is 4.74 Å². The van der Waals surface area contributed by atoms with E-state index in [-0.39, 0.29) is 29.4 Å². The van der Waals surface area contributed by atoms with E-state index in [9.17, 15) is 0 Å². The predicted molar refractivity (Wildman–Crippen MR) is 110 cm³/mol. The summed E-state index contributed by atoms with van der Waals surface area (Å²) in [5.41, 5.74) is 1.33. The van der Waals surface area contributed by atoms with Crippen LogP contribution < -0.4 is 10.6 Å². The summed E-state index contributed by atoms with van der Waals surface area (Å²) in [6, 6.07) is 10.5. The second-order valence-electron chi connectivity index (χ2n) is 5.92. The van der Waals surface area contributed by atoms with Gasteiger partial charge in [-0.05, 0) is 25.8 Å². The van der Waals surface area contributed by atoms with Crippen LogP contribution in [0.25, 0.3) is 0 Å². The zero-order chi connectivity index (χ0) is 16.3. The van der Waals surface area contributed by atoms with Gasteiger partial charge in [0, 0.05) is 31.7 Å². The molecule has 0 heterocycles. The molecule has 0 aliphatic rings. The van der Waals surface area contributed by atoms with E-state index in [0.29, 0.717) is 0 Å². The first-order valence-corrected chi connectivity index (χ1v) is 8.25. The largest absolute Gasteiger partial charge is 0.382 e. The van der Waals surface area contributed by atoms with Gasteiger partial charge in [0.1, 0.15) is 0 Å². The maximum Gasteiger partial charge on any atom is 0.191 e. The number of hydrogen-bond acceptors (Lipinski definition) is 2. The maximum atomic E-state index is 5.35. The second kappa shape index (κ2) is 12.6. The van der Waals surface area contributed by atoms with Crippen LogP contribution in [-0.4, -0.2) is 38.8 Å². The van der Waals surface area contributed by atoms with Gasteiger partial charge < -0.3 is 15.4 Å². The Morgan fingerprint density at radius 2 is 1.83 bits per heavy atom. The van der Waals surface area contributed by atoms with E-state index in [1.807, 2.05) is 13.0 Å². The van der Waals surface area contributed by atoms with Crippen LogP contribution in [0.1, 0.15) is 39.7 Å². The number of aliphatic imine (C=N–C) groups is 1. The molecule has 0 saturated heterocycles. The molecule has 1 aromatic carbocycles. The van der Waals surface area contributed by atoms with E-state index in [2.05, 4.69) is 55.7 Å². The fourth-order valence-electron chi connectivity index (χ4n) is 2.12. The number of benzene rings is 1. The first kappa shape index (κ1) is 22.2. The fraction of sp³-hybridized carbons (Fsp3) is 0.611. The minimum absolute atomic E-state index is 0. The van der Waals surface area contributed by atoms with Gasteiger partial charge >= 0.3 is 0 Å². The number of nitrogens with zero attached hydrogens (tertiary/aromatic N) is 1. The van der Waals surface area contributed by atoms with Gasteiger partial charge in [-0.25, -0.2) is 0 Å². The highest BCUT2D eigenvalue weighted by Gasteiger charge is 2.19. The average Bonchev–Trinajstić information content (AvgIpc) is 2.53. The summed E-state index contributed by atoms with van der Waals surface area (Å²) in [6.07, 6.45) is 0.986. The van der Waals surface area contributed by atoms with E-state index in [1.165, 1.54) is 5.56 Å². The van der Waals surface area contributed by atoms with Crippen LogP contribution in [0, 0.1) is 0 Å². The van der Waals surface area contributed by atoms with Crippen molar-refractivity contribution in [1.29, 1.82) is 0 Å². The van der Waals surface area contributed by atoms with Crippen molar-refractivity contribution in [2.24, 2.45) is 4.99 Å². The number of guanidine groups is 1. The van der Waals surface area contributed by atoms with Crippen LogP contribution >= 0.6 is 24.0 Å². The Balaban J connectivity index is 0.00000484. The molecule has 0 fully saturated rings. The fourth-order valence-corrected chi connectivity index (χ4v) is 2.12. The first-order chi connectivity index (χ1) is 10.6. The van der Waals surface area contributed by atoms with Crippen LogP contribution in [-0.2, 0) is 10.2 Å². The van der Waals surface area contributed by atoms with E-state index in [1.54, 1.807) is 0 Å². The van der Waals surface area contributed by atoms with Gasteiger partial charge in [0.2, 0.25) is 0 Å². The molecule has 0 aliphatic carbocycles. The molecule has 2 N–H and O–H groups in total. The molecule has 1 aromatic rings. The number of halogens is 1. The van der Waals surface area contributed by atoms with Gasteiger partial charge in [0.15, 0.2) is 5.96 Å². The van der Waals surface area contributed by atoms with Crippen LogP contribution in [0.5, 0.6) is 0 Å². The molecular weight excluding hydrogens is 401 g/mol. The van der Waals surface area contributed by atoms with Crippen molar-refractivity contribution in [1.82, 2.24) is 10.6 Å². The third-order valence-electron chi connectivity index (χ3n) is 3.49. The van der Waals surface area contributed by atoms with Crippen molar-refractivity contribution in [3.05, 3.63) is 35.9 Å². The Kier molecular flexibility index (Phi) is 12.1. The molecule has 0 atom stereocenters. The van der Waals surface area contributed by atoms with E-state index in [0.717, 1.165) is 45.2 Å². The third kappa shape index (κ3) is 9.15. The topological polar surface area (TPSA) is 45.7 Å². The Labute approximate surface area is 158 Å². The lowest BCUT2D eigenvalue weighted by Gasteiger charge is -2.24. The Morgan fingerprint density at radius 3 is 2.43 bits per heavy atom. The van der Waals surface area contributed by atoms with Crippen LogP contribution in [0.4, 0.5) is 0 Å². The highest BCUT2D eigenvalue weighted by Crippen LogP contribution is 2.22. The van der Waals surface area contributed by atoms with Crippen LogP contribution in [0.3, 0.4) is 0 Å². The molecule has 0 radical (unpaired) electrons. The number of nitrogens with one attached hydrogen (secondary N) is 2. The molecular formula is C18H32IN3O. The molecule has 5 heteroatoms. The molecule has 0 saturated carbocycles. The third-order valence-corrected chi connectivity index (χ3v) is 3.49. The minimum Gasteiger partial charge on any atom is -0.382 e. The van der Waals surface area contributed by atoms with Gasteiger partial charge in [0.05, 0.1) is 6.54 Å². The molecule has 23 heavy (non-hydrogen) atoms. The second-order valence-corrected chi connectivity index (χ2v) is 5.92. The molecule has 0 spiro atoms. The Bertz CT molecular complexity index is 435. The SMILES string of the molecule is CCNC(=NCC(C)(C)c1ccccc1)NCCCOCC.I. The summed E-state index contributed by atoms with van der Waals surface area (Å²) in [4.78, 5) is 4.73. The van der Waals surface area contributed by atoms with E-state index < -0.39 is 0 Å². The van der Waals surface area contributed by atoms with Gasteiger partial charge in [-0.1, -0.05) is 44.2 Å². The summed E-state index contributed by atoms with van der Waals surface area (Å²) < 4.78 is 5.35. The summed E-state index contributed by atoms with van der Waals surface area (Å²) in [6.45, 7) is 12.6. The highest BCUT2D eigenvalue weighted by molar-refractivity contribution is 14.0.